The number of hydrogen-bond acceptors (Lipinski definition) is 9. The smallest absolute Gasteiger partial charge is 0.264 e. The maximum Gasteiger partial charge on any atom is 0.264 e. The van der Waals surface area contributed by atoms with Gasteiger partial charge in [-0.2, -0.15) is 4.98 Å². The van der Waals surface area contributed by atoms with Gasteiger partial charge in [-0.25, -0.2) is 22.5 Å². The molecular formula is C35H40FN5O6S. The number of anilines is 1. The normalized spacial score (nSPS) is 16.2. The molecule has 2 aromatic heterocycles. The highest BCUT2D eigenvalue weighted by molar-refractivity contribution is 7.92. The first-order chi connectivity index (χ1) is 22.7. The number of carbonyl (C=O) groups excluding carboxylic acids is 1. The number of methoxy groups -OCH3 is 1. The minimum absolute atomic E-state index is 0.0118. The molecule has 3 heterocycles. The van der Waals surface area contributed by atoms with E-state index in [1.54, 1.807) is 6.07 Å². The molecule has 254 valence electrons. The average Bonchev–Trinajstić information content (AvgIpc) is 3.01. The van der Waals surface area contributed by atoms with Gasteiger partial charge in [-0.05, 0) is 55.0 Å². The molecule has 0 spiro atoms. The molecule has 0 fully saturated rings. The van der Waals surface area contributed by atoms with Crippen LogP contribution in [0.5, 0.6) is 11.6 Å². The van der Waals surface area contributed by atoms with E-state index < -0.39 is 27.8 Å². The molecule has 1 aliphatic rings. The summed E-state index contributed by atoms with van der Waals surface area (Å²) in [6, 6.07) is 13.8. The van der Waals surface area contributed by atoms with Crippen LogP contribution in [0.4, 0.5) is 10.3 Å². The Kier molecular flexibility index (Phi) is 10.3. The summed E-state index contributed by atoms with van der Waals surface area (Å²) in [5.74, 6) is -1.01. The standard InChI is InChI=1S/C35H40FN5O6S/c1-22-9-7-10-23(2)32(22)29-17-31-39-34(38-29)40-48(43,44)27-12-8-11-24(15-27)33(42)41(25(21-47-31)18-35(3,4)5)20-30-28(36)16-26(19-37-30)46-14-13-45-6/h7-12,15-17,19,25H,13-14,18,20-21H2,1-6H3,(H,38,39,40)/t25-/m1/s1. The van der Waals surface area contributed by atoms with Gasteiger partial charge in [-0.3, -0.25) is 9.78 Å². The number of carbonyl (C=O) groups is 1. The van der Waals surface area contributed by atoms with Crippen LogP contribution in [0.15, 0.2) is 65.7 Å². The molecule has 1 aliphatic heterocycles. The number of hydrogen-bond donors (Lipinski definition) is 1. The Balaban J connectivity index is 1.63. The van der Waals surface area contributed by atoms with Gasteiger partial charge in [0.2, 0.25) is 11.8 Å². The number of ether oxygens (including phenoxy) is 3. The average molecular weight is 678 g/mol. The van der Waals surface area contributed by atoms with Gasteiger partial charge < -0.3 is 19.1 Å². The van der Waals surface area contributed by atoms with Crippen molar-refractivity contribution in [3.8, 4) is 22.9 Å². The molecule has 13 heteroatoms. The lowest BCUT2D eigenvalue weighted by atomic mass is 9.87. The van der Waals surface area contributed by atoms with Crippen LogP contribution in [0.2, 0.25) is 0 Å². The molecule has 1 atom stereocenters. The lowest BCUT2D eigenvalue weighted by Gasteiger charge is -2.35. The van der Waals surface area contributed by atoms with Crippen molar-refractivity contribution in [3.05, 3.63) is 89.0 Å². The Labute approximate surface area is 280 Å². The number of nitrogens with one attached hydrogen (secondary N) is 1. The molecule has 0 radical (unpaired) electrons. The van der Waals surface area contributed by atoms with Gasteiger partial charge in [0, 0.05) is 30.4 Å². The molecule has 11 nitrogen and oxygen atoms in total. The number of rotatable bonds is 8. The zero-order valence-corrected chi connectivity index (χ0v) is 28.7. The van der Waals surface area contributed by atoms with E-state index in [9.17, 15) is 13.2 Å². The predicted molar refractivity (Wildman–Crippen MR) is 179 cm³/mol. The van der Waals surface area contributed by atoms with Gasteiger partial charge in [0.15, 0.2) is 0 Å². The summed E-state index contributed by atoms with van der Waals surface area (Å²) in [6.45, 7) is 10.3. The largest absolute Gasteiger partial charge is 0.489 e. The van der Waals surface area contributed by atoms with E-state index in [0.29, 0.717) is 18.7 Å². The third-order valence-electron chi connectivity index (χ3n) is 7.80. The summed E-state index contributed by atoms with van der Waals surface area (Å²) in [5, 5.41) is 0. The van der Waals surface area contributed by atoms with E-state index in [4.69, 9.17) is 14.2 Å². The van der Waals surface area contributed by atoms with E-state index in [0.717, 1.165) is 16.7 Å². The molecule has 0 unspecified atom stereocenters. The monoisotopic (exact) mass is 677 g/mol. The molecule has 48 heavy (non-hydrogen) atoms. The first kappa shape index (κ1) is 34.7. The summed E-state index contributed by atoms with van der Waals surface area (Å²) < 4.78 is 62.0. The molecule has 4 bridgehead atoms. The molecule has 2 aromatic carbocycles. The number of benzene rings is 2. The lowest BCUT2D eigenvalue weighted by Crippen LogP contribution is -2.45. The highest BCUT2D eigenvalue weighted by atomic mass is 32.2. The van der Waals surface area contributed by atoms with Crippen LogP contribution in [-0.2, 0) is 21.3 Å². The van der Waals surface area contributed by atoms with Crippen LogP contribution in [0.1, 0.15) is 54.4 Å². The molecule has 0 saturated carbocycles. The van der Waals surface area contributed by atoms with E-state index in [-0.39, 0.29) is 58.9 Å². The summed E-state index contributed by atoms with van der Waals surface area (Å²) in [7, 11) is -2.70. The fourth-order valence-corrected chi connectivity index (χ4v) is 6.58. The third-order valence-corrected chi connectivity index (χ3v) is 9.12. The van der Waals surface area contributed by atoms with Gasteiger partial charge in [0.05, 0.1) is 41.7 Å². The van der Waals surface area contributed by atoms with Crippen LogP contribution in [0.3, 0.4) is 0 Å². The van der Waals surface area contributed by atoms with Gasteiger partial charge in [0.25, 0.3) is 15.9 Å². The zero-order valence-electron chi connectivity index (χ0n) is 27.9. The quantitative estimate of drug-likeness (QED) is 0.224. The minimum Gasteiger partial charge on any atom is -0.489 e. The van der Waals surface area contributed by atoms with Crippen LogP contribution < -0.4 is 14.2 Å². The molecule has 1 N–H and O–H groups in total. The number of nitrogens with zero attached hydrogens (tertiary/aromatic N) is 4. The maximum atomic E-state index is 15.5. The Morgan fingerprint density at radius 2 is 1.77 bits per heavy atom. The van der Waals surface area contributed by atoms with Crippen molar-refractivity contribution in [1.29, 1.82) is 0 Å². The second kappa shape index (κ2) is 14.2. The first-order valence-corrected chi connectivity index (χ1v) is 17.0. The minimum atomic E-state index is -4.24. The topological polar surface area (TPSA) is 133 Å². The number of aryl methyl sites for hydroxylation is 2. The Hall–Kier alpha value is -4.62. The van der Waals surface area contributed by atoms with E-state index >= 15 is 4.39 Å². The lowest BCUT2D eigenvalue weighted by molar-refractivity contribution is 0.0506. The summed E-state index contributed by atoms with van der Waals surface area (Å²) in [5.41, 5.74) is 2.97. The van der Waals surface area contributed by atoms with Gasteiger partial charge in [-0.1, -0.05) is 45.0 Å². The van der Waals surface area contributed by atoms with Crippen molar-refractivity contribution in [2.45, 2.75) is 58.5 Å². The fourth-order valence-electron chi connectivity index (χ4n) is 5.59. The van der Waals surface area contributed by atoms with Crippen molar-refractivity contribution >= 4 is 21.9 Å². The van der Waals surface area contributed by atoms with E-state index in [1.165, 1.54) is 48.5 Å². The Bertz CT molecular complexity index is 1890. The maximum absolute atomic E-state index is 15.5. The summed E-state index contributed by atoms with van der Waals surface area (Å²) >= 11 is 0. The van der Waals surface area contributed by atoms with Gasteiger partial charge in [-0.15, -0.1) is 0 Å². The van der Waals surface area contributed by atoms with Crippen LogP contribution >= 0.6 is 0 Å². The second-order valence-corrected chi connectivity index (χ2v) is 14.6. The summed E-state index contributed by atoms with van der Waals surface area (Å²) in [6.07, 6.45) is 1.85. The molecule has 4 aromatic rings. The molecule has 1 amide bonds. The predicted octanol–water partition coefficient (Wildman–Crippen LogP) is 5.96. The second-order valence-electron chi connectivity index (χ2n) is 12.9. The van der Waals surface area contributed by atoms with Crippen LogP contribution in [0, 0.1) is 25.1 Å². The van der Waals surface area contributed by atoms with Crippen molar-refractivity contribution in [3.63, 3.8) is 0 Å². The number of pyridine rings is 1. The van der Waals surface area contributed by atoms with Crippen molar-refractivity contribution in [2.24, 2.45) is 5.41 Å². The number of fused-ring (bicyclic) bond motifs is 4. The number of amides is 1. The van der Waals surface area contributed by atoms with E-state index in [2.05, 4.69) is 19.7 Å². The third kappa shape index (κ3) is 8.26. The van der Waals surface area contributed by atoms with E-state index in [1.807, 2.05) is 52.8 Å². The highest BCUT2D eigenvalue weighted by Crippen LogP contribution is 2.32. The summed E-state index contributed by atoms with van der Waals surface area (Å²) in [4.78, 5) is 28.9. The molecule has 0 saturated heterocycles. The first-order valence-electron chi connectivity index (χ1n) is 15.5. The Morgan fingerprint density at radius 3 is 2.46 bits per heavy atom. The molecular weight excluding hydrogens is 637 g/mol. The Morgan fingerprint density at radius 1 is 1.04 bits per heavy atom. The fraction of sp³-hybridized carbons (Fsp3) is 0.371. The van der Waals surface area contributed by atoms with Crippen molar-refractivity contribution < 1.29 is 31.8 Å². The van der Waals surface area contributed by atoms with Gasteiger partial charge >= 0.3 is 0 Å². The molecule has 5 rings (SSSR count). The van der Waals surface area contributed by atoms with Crippen molar-refractivity contribution in [1.82, 2.24) is 19.9 Å². The van der Waals surface area contributed by atoms with Crippen molar-refractivity contribution in [2.75, 3.05) is 31.7 Å². The highest BCUT2D eigenvalue weighted by Gasteiger charge is 2.32. The number of halogens is 1. The SMILES string of the molecule is COCCOc1cnc(CN2C(=O)c3cccc(c3)S(=O)(=O)Nc3nc(cc(-c4c(C)cccc4C)n3)OC[C@H]2CC(C)(C)C)c(F)c1. The number of sulfonamides is 1. The molecule has 0 aliphatic carbocycles. The number of aromatic nitrogens is 3. The van der Waals surface area contributed by atoms with Gasteiger partial charge in [0.1, 0.15) is 24.8 Å². The zero-order chi connectivity index (χ0) is 34.6. The van der Waals surface area contributed by atoms with Crippen LogP contribution in [0.25, 0.3) is 11.3 Å². The van der Waals surface area contributed by atoms with Crippen LogP contribution in [-0.4, -0.2) is 67.1 Å².